The molecule has 0 heterocycles. The maximum absolute atomic E-state index is 9.05. The molecular formula is C24H21Cl2N3O2. The van der Waals surface area contributed by atoms with E-state index in [2.05, 4.69) is 16.6 Å². The number of benzene rings is 3. The first-order valence-corrected chi connectivity index (χ1v) is 10.4. The van der Waals surface area contributed by atoms with Crippen LogP contribution in [0.5, 0.6) is 11.5 Å². The van der Waals surface area contributed by atoms with Gasteiger partial charge in [-0.3, -0.25) is 0 Å². The van der Waals surface area contributed by atoms with E-state index >= 15 is 0 Å². The van der Waals surface area contributed by atoms with E-state index in [1.54, 1.807) is 24.4 Å². The van der Waals surface area contributed by atoms with Crippen LogP contribution in [-0.2, 0) is 13.2 Å². The molecule has 0 bridgehead atoms. The molecule has 0 amide bonds. The second-order valence-electron chi connectivity index (χ2n) is 6.58. The summed E-state index contributed by atoms with van der Waals surface area (Å²) in [6.45, 7) is 3.20. The third kappa shape index (κ3) is 6.65. The molecule has 1 N–H and O–H groups in total. The van der Waals surface area contributed by atoms with Gasteiger partial charge in [0.2, 0.25) is 0 Å². The first-order chi connectivity index (χ1) is 15.1. The summed E-state index contributed by atoms with van der Waals surface area (Å²) in [4.78, 5) is 0. The van der Waals surface area contributed by atoms with E-state index in [0.717, 1.165) is 16.7 Å². The molecule has 7 heteroatoms. The Bertz CT molecular complexity index is 1090. The lowest BCUT2D eigenvalue weighted by Crippen LogP contribution is -2.06. The fraction of sp³-hybridized carbons (Fsp3) is 0.167. The number of hydrazone groups is 1. The van der Waals surface area contributed by atoms with Crippen molar-refractivity contribution in [3.05, 3.63) is 93.0 Å². The Morgan fingerprint density at radius 3 is 2.58 bits per heavy atom. The van der Waals surface area contributed by atoms with Gasteiger partial charge in [0.05, 0.1) is 36.0 Å². The van der Waals surface area contributed by atoms with Crippen LogP contribution in [0.25, 0.3) is 0 Å². The number of nitrogens with one attached hydrogen (secondary N) is 1. The lowest BCUT2D eigenvalue weighted by Gasteiger charge is -2.14. The van der Waals surface area contributed by atoms with Gasteiger partial charge in [-0.2, -0.15) is 10.4 Å². The minimum absolute atomic E-state index is 0.269. The fourth-order valence-electron chi connectivity index (χ4n) is 2.81. The van der Waals surface area contributed by atoms with Crippen LogP contribution in [0.1, 0.15) is 29.2 Å². The van der Waals surface area contributed by atoms with Gasteiger partial charge in [0.25, 0.3) is 0 Å². The summed E-state index contributed by atoms with van der Waals surface area (Å²) in [6, 6.07) is 20.5. The molecule has 0 aromatic heterocycles. The van der Waals surface area contributed by atoms with Crippen LogP contribution in [0, 0.1) is 11.3 Å². The summed E-state index contributed by atoms with van der Waals surface area (Å²) in [5.41, 5.74) is 6.29. The highest BCUT2D eigenvalue weighted by Crippen LogP contribution is 2.37. The maximum atomic E-state index is 9.05. The Morgan fingerprint density at radius 1 is 1.03 bits per heavy atom. The van der Waals surface area contributed by atoms with Gasteiger partial charge in [-0.15, -0.1) is 0 Å². The molecule has 0 aliphatic heterocycles. The molecule has 0 saturated carbocycles. The largest absolute Gasteiger partial charge is 0.490 e. The number of rotatable bonds is 9. The number of nitriles is 1. The highest BCUT2D eigenvalue weighted by molar-refractivity contribution is 6.32. The zero-order chi connectivity index (χ0) is 22.1. The minimum Gasteiger partial charge on any atom is -0.490 e. The summed E-state index contributed by atoms with van der Waals surface area (Å²) < 4.78 is 11.6. The normalized spacial score (nSPS) is 10.6. The lowest BCUT2D eigenvalue weighted by molar-refractivity contribution is 0.269. The maximum Gasteiger partial charge on any atom is 0.180 e. The molecule has 3 rings (SSSR count). The van der Waals surface area contributed by atoms with Crippen LogP contribution in [0.3, 0.4) is 0 Å². The van der Waals surface area contributed by atoms with Crippen molar-refractivity contribution >= 4 is 29.4 Å². The van der Waals surface area contributed by atoms with E-state index in [-0.39, 0.29) is 6.61 Å². The third-order valence-electron chi connectivity index (χ3n) is 4.27. The third-order valence-corrected chi connectivity index (χ3v) is 4.81. The van der Waals surface area contributed by atoms with Gasteiger partial charge < -0.3 is 14.9 Å². The SMILES string of the molecule is CCOc1cc(/C=N\NCc2ccc(Cl)cc2)cc(Cl)c1OCc1cccc(C#N)c1. The summed E-state index contributed by atoms with van der Waals surface area (Å²) in [5.74, 6) is 0.989. The monoisotopic (exact) mass is 453 g/mol. The van der Waals surface area contributed by atoms with Crippen molar-refractivity contribution < 1.29 is 9.47 Å². The summed E-state index contributed by atoms with van der Waals surface area (Å²) >= 11 is 12.4. The molecule has 3 aromatic carbocycles. The minimum atomic E-state index is 0.269. The Morgan fingerprint density at radius 2 is 1.84 bits per heavy atom. The molecule has 31 heavy (non-hydrogen) atoms. The first kappa shape index (κ1) is 22.5. The molecule has 0 unspecified atom stereocenters. The molecule has 158 valence electrons. The molecule has 0 fully saturated rings. The van der Waals surface area contributed by atoms with E-state index in [1.807, 2.05) is 49.4 Å². The van der Waals surface area contributed by atoms with Crippen molar-refractivity contribution in [2.75, 3.05) is 6.61 Å². The van der Waals surface area contributed by atoms with E-state index in [0.29, 0.717) is 40.3 Å². The highest BCUT2D eigenvalue weighted by Gasteiger charge is 2.13. The van der Waals surface area contributed by atoms with Crippen LogP contribution < -0.4 is 14.9 Å². The van der Waals surface area contributed by atoms with E-state index < -0.39 is 0 Å². The van der Waals surface area contributed by atoms with Crippen molar-refractivity contribution in [1.82, 2.24) is 5.43 Å². The Balaban J connectivity index is 1.68. The number of hydrogen-bond acceptors (Lipinski definition) is 5. The predicted octanol–water partition coefficient (Wildman–Crippen LogP) is 5.97. The number of hydrogen-bond donors (Lipinski definition) is 1. The average Bonchev–Trinajstić information content (AvgIpc) is 2.78. The molecule has 5 nitrogen and oxygen atoms in total. The van der Waals surface area contributed by atoms with Gasteiger partial charge >= 0.3 is 0 Å². The van der Waals surface area contributed by atoms with E-state index in [9.17, 15) is 0 Å². The Kier molecular flexibility index (Phi) is 8.17. The van der Waals surface area contributed by atoms with Gasteiger partial charge in [0, 0.05) is 5.02 Å². The van der Waals surface area contributed by atoms with E-state index in [1.165, 1.54) is 0 Å². The Labute approximate surface area is 191 Å². The van der Waals surface area contributed by atoms with Gasteiger partial charge in [-0.1, -0.05) is 47.5 Å². The summed E-state index contributed by atoms with van der Waals surface area (Å²) in [5, 5.41) is 14.4. The lowest BCUT2D eigenvalue weighted by atomic mass is 10.1. The van der Waals surface area contributed by atoms with Gasteiger partial charge in [0.1, 0.15) is 6.61 Å². The molecule has 0 aliphatic carbocycles. The topological polar surface area (TPSA) is 66.6 Å². The van der Waals surface area contributed by atoms with Crippen molar-refractivity contribution in [2.45, 2.75) is 20.1 Å². The zero-order valence-electron chi connectivity index (χ0n) is 16.9. The smallest absolute Gasteiger partial charge is 0.180 e. The number of nitrogens with zero attached hydrogens (tertiary/aromatic N) is 2. The van der Waals surface area contributed by atoms with Crippen molar-refractivity contribution in [1.29, 1.82) is 5.26 Å². The number of ether oxygens (including phenoxy) is 2. The highest BCUT2D eigenvalue weighted by atomic mass is 35.5. The van der Waals surface area contributed by atoms with Crippen LogP contribution in [0.2, 0.25) is 10.0 Å². The van der Waals surface area contributed by atoms with Crippen molar-refractivity contribution in [3.8, 4) is 17.6 Å². The van der Waals surface area contributed by atoms with Crippen LogP contribution >= 0.6 is 23.2 Å². The quantitative estimate of drug-likeness (QED) is 0.320. The van der Waals surface area contributed by atoms with E-state index in [4.69, 9.17) is 37.9 Å². The zero-order valence-corrected chi connectivity index (χ0v) is 18.5. The molecule has 0 radical (unpaired) electrons. The Hall–Kier alpha value is -3.20. The molecule has 0 aliphatic rings. The van der Waals surface area contributed by atoms with Crippen molar-refractivity contribution in [3.63, 3.8) is 0 Å². The fourth-order valence-corrected chi connectivity index (χ4v) is 3.21. The second kappa shape index (κ2) is 11.3. The molecule has 3 aromatic rings. The standard InChI is InChI=1S/C24H21Cl2N3O2/c1-2-30-23-12-20(15-29-28-14-17-6-8-21(25)9-7-17)11-22(26)24(23)31-16-19-5-3-4-18(10-19)13-27/h3-12,15,28H,2,14,16H2,1H3/b29-15-. The van der Waals surface area contributed by atoms with Crippen molar-refractivity contribution in [2.24, 2.45) is 5.10 Å². The van der Waals surface area contributed by atoms with Gasteiger partial charge in [-0.25, -0.2) is 0 Å². The van der Waals surface area contributed by atoms with Gasteiger partial charge in [-0.05, 0) is 60.0 Å². The molecule has 0 saturated heterocycles. The molecule has 0 atom stereocenters. The predicted molar refractivity (Wildman–Crippen MR) is 124 cm³/mol. The van der Waals surface area contributed by atoms with Crippen LogP contribution in [0.15, 0.2) is 65.8 Å². The molecular weight excluding hydrogens is 433 g/mol. The first-order valence-electron chi connectivity index (χ1n) is 9.67. The molecule has 0 spiro atoms. The van der Waals surface area contributed by atoms with Crippen LogP contribution in [-0.4, -0.2) is 12.8 Å². The average molecular weight is 454 g/mol. The summed E-state index contributed by atoms with van der Waals surface area (Å²) in [6.07, 6.45) is 1.67. The van der Waals surface area contributed by atoms with Crippen LogP contribution in [0.4, 0.5) is 0 Å². The van der Waals surface area contributed by atoms with Gasteiger partial charge in [0.15, 0.2) is 11.5 Å². The second-order valence-corrected chi connectivity index (χ2v) is 7.43. The summed E-state index contributed by atoms with van der Waals surface area (Å²) in [7, 11) is 0. The number of halogens is 2.